The fourth-order valence-corrected chi connectivity index (χ4v) is 2.07. The quantitative estimate of drug-likeness (QED) is 0.816. The van der Waals surface area contributed by atoms with Gasteiger partial charge in [0.15, 0.2) is 5.78 Å². The van der Waals surface area contributed by atoms with E-state index in [1.54, 1.807) is 24.3 Å². The number of hydrogen-bond acceptors (Lipinski definition) is 4. The largest absolute Gasteiger partial charge is 0.389 e. The summed E-state index contributed by atoms with van der Waals surface area (Å²) >= 11 is 0. The van der Waals surface area contributed by atoms with E-state index in [9.17, 15) is 15.0 Å². The molecule has 0 aliphatic heterocycles. The van der Waals surface area contributed by atoms with Crippen LogP contribution in [0.25, 0.3) is 0 Å². The molecule has 0 radical (unpaired) electrons. The van der Waals surface area contributed by atoms with Gasteiger partial charge in [-0.2, -0.15) is 5.26 Å². The number of nitrogens with zero attached hydrogens (tertiary/aromatic N) is 1. The minimum atomic E-state index is -1.12. The first-order valence-corrected chi connectivity index (χ1v) is 5.52. The van der Waals surface area contributed by atoms with Crippen LogP contribution >= 0.6 is 0 Å². The number of aliphatic hydroxyl groups is 2. The maximum atomic E-state index is 11.5. The van der Waals surface area contributed by atoms with Crippen molar-refractivity contribution in [2.24, 2.45) is 0 Å². The van der Waals surface area contributed by atoms with Crippen LogP contribution in [0, 0.1) is 11.3 Å². The van der Waals surface area contributed by atoms with Crippen LogP contribution < -0.4 is 0 Å². The number of fused-ring (bicyclic) bond motifs is 1. The maximum absolute atomic E-state index is 11.5. The number of rotatable bonds is 3. The SMILES string of the molecule is N#CCC(O)C(O)c1ccc2c(c1)C(=O)CC2. The van der Waals surface area contributed by atoms with E-state index < -0.39 is 12.2 Å². The Morgan fingerprint density at radius 3 is 2.82 bits per heavy atom. The first kappa shape index (κ1) is 11.8. The molecular weight excluding hydrogens is 218 g/mol. The normalized spacial score (nSPS) is 17.4. The van der Waals surface area contributed by atoms with E-state index >= 15 is 0 Å². The molecule has 0 saturated heterocycles. The summed E-state index contributed by atoms with van der Waals surface area (Å²) in [7, 11) is 0. The van der Waals surface area contributed by atoms with E-state index in [1.807, 2.05) is 0 Å². The number of ketones is 1. The molecule has 4 heteroatoms. The standard InChI is InChI=1S/C13H13NO3/c14-6-5-12(16)13(17)9-2-1-8-3-4-11(15)10(8)7-9/h1-2,7,12-13,16-17H,3-5H2. The van der Waals surface area contributed by atoms with Crippen molar-refractivity contribution in [2.75, 3.05) is 0 Å². The third-order valence-corrected chi connectivity index (χ3v) is 3.06. The van der Waals surface area contributed by atoms with Crippen LogP contribution in [0.15, 0.2) is 18.2 Å². The average Bonchev–Trinajstić information content (AvgIpc) is 2.70. The molecule has 4 nitrogen and oxygen atoms in total. The Labute approximate surface area is 99.1 Å². The number of benzene rings is 1. The summed E-state index contributed by atoms with van der Waals surface area (Å²) in [5, 5.41) is 27.8. The van der Waals surface area contributed by atoms with Gasteiger partial charge in [0.1, 0.15) is 6.10 Å². The van der Waals surface area contributed by atoms with Crippen molar-refractivity contribution in [3.8, 4) is 6.07 Å². The first-order valence-electron chi connectivity index (χ1n) is 5.52. The van der Waals surface area contributed by atoms with Gasteiger partial charge in [0.05, 0.1) is 18.6 Å². The van der Waals surface area contributed by atoms with Crippen molar-refractivity contribution >= 4 is 5.78 Å². The Balaban J connectivity index is 2.26. The van der Waals surface area contributed by atoms with Crippen LogP contribution in [0.1, 0.15) is 40.4 Å². The summed E-state index contributed by atoms with van der Waals surface area (Å²) in [6, 6.07) is 6.92. The molecule has 2 atom stereocenters. The van der Waals surface area contributed by atoms with Crippen LogP contribution in [0.3, 0.4) is 0 Å². The summed E-state index contributed by atoms with van der Waals surface area (Å²) in [4.78, 5) is 11.5. The van der Waals surface area contributed by atoms with Crippen molar-refractivity contribution < 1.29 is 15.0 Å². The number of aliphatic hydroxyl groups excluding tert-OH is 2. The Kier molecular flexibility index (Phi) is 3.23. The molecule has 2 unspecified atom stereocenters. The molecule has 1 aromatic carbocycles. The second kappa shape index (κ2) is 4.66. The zero-order chi connectivity index (χ0) is 12.4. The molecule has 0 aromatic heterocycles. The van der Waals surface area contributed by atoms with Crippen molar-refractivity contribution in [3.05, 3.63) is 34.9 Å². The molecule has 0 amide bonds. The number of hydrogen-bond donors (Lipinski definition) is 2. The van der Waals surface area contributed by atoms with Crippen molar-refractivity contribution in [1.82, 2.24) is 0 Å². The first-order chi connectivity index (χ1) is 8.13. The fraction of sp³-hybridized carbons (Fsp3) is 0.385. The number of aryl methyl sites for hydroxylation is 1. The summed E-state index contributed by atoms with van der Waals surface area (Å²) in [6.07, 6.45) is -1.12. The van der Waals surface area contributed by atoms with Gasteiger partial charge in [-0.3, -0.25) is 4.79 Å². The zero-order valence-electron chi connectivity index (χ0n) is 9.26. The van der Waals surface area contributed by atoms with E-state index in [0.29, 0.717) is 17.5 Å². The maximum Gasteiger partial charge on any atom is 0.163 e. The van der Waals surface area contributed by atoms with Gasteiger partial charge in [0, 0.05) is 12.0 Å². The van der Waals surface area contributed by atoms with Crippen LogP contribution in [-0.2, 0) is 6.42 Å². The van der Waals surface area contributed by atoms with Crippen LogP contribution in [0.4, 0.5) is 0 Å². The van der Waals surface area contributed by atoms with Crippen molar-refractivity contribution in [1.29, 1.82) is 5.26 Å². The van der Waals surface area contributed by atoms with Gasteiger partial charge in [-0.15, -0.1) is 0 Å². The molecule has 0 bridgehead atoms. The van der Waals surface area contributed by atoms with Gasteiger partial charge in [-0.25, -0.2) is 0 Å². The lowest BCUT2D eigenvalue weighted by Crippen LogP contribution is -2.17. The highest BCUT2D eigenvalue weighted by Crippen LogP contribution is 2.27. The van der Waals surface area contributed by atoms with Gasteiger partial charge in [0.25, 0.3) is 0 Å². The van der Waals surface area contributed by atoms with E-state index in [1.165, 1.54) is 0 Å². The third-order valence-electron chi connectivity index (χ3n) is 3.06. The summed E-state index contributed by atoms with van der Waals surface area (Å²) in [6.45, 7) is 0. The minimum absolute atomic E-state index is 0.0730. The predicted octanol–water partition coefficient (Wildman–Crippen LogP) is 1.12. The lowest BCUT2D eigenvalue weighted by Gasteiger charge is -2.16. The van der Waals surface area contributed by atoms with E-state index in [2.05, 4.69) is 0 Å². The monoisotopic (exact) mass is 231 g/mol. The smallest absolute Gasteiger partial charge is 0.163 e. The highest BCUT2D eigenvalue weighted by atomic mass is 16.3. The minimum Gasteiger partial charge on any atom is -0.389 e. The van der Waals surface area contributed by atoms with Gasteiger partial charge in [-0.1, -0.05) is 12.1 Å². The molecule has 88 valence electrons. The Bertz CT molecular complexity index is 490. The molecule has 0 heterocycles. The highest BCUT2D eigenvalue weighted by molar-refractivity contribution is 6.00. The average molecular weight is 231 g/mol. The predicted molar refractivity (Wildman–Crippen MR) is 60.3 cm³/mol. The Hall–Kier alpha value is -1.70. The van der Waals surface area contributed by atoms with Crippen LogP contribution in [0.2, 0.25) is 0 Å². The fourth-order valence-electron chi connectivity index (χ4n) is 2.07. The molecule has 2 rings (SSSR count). The summed E-state index contributed by atoms with van der Waals surface area (Å²) < 4.78 is 0. The van der Waals surface area contributed by atoms with Crippen LogP contribution in [0.5, 0.6) is 0 Å². The van der Waals surface area contributed by atoms with Gasteiger partial charge in [0.2, 0.25) is 0 Å². The molecule has 0 spiro atoms. The Morgan fingerprint density at radius 2 is 2.12 bits per heavy atom. The number of carbonyl (C=O) groups excluding carboxylic acids is 1. The molecule has 0 fully saturated rings. The van der Waals surface area contributed by atoms with E-state index in [4.69, 9.17) is 5.26 Å². The summed E-state index contributed by atoms with van der Waals surface area (Å²) in [5.74, 6) is 0.0730. The molecule has 17 heavy (non-hydrogen) atoms. The van der Waals surface area contributed by atoms with Gasteiger partial charge in [-0.05, 0) is 23.6 Å². The number of nitriles is 1. The van der Waals surface area contributed by atoms with E-state index in [-0.39, 0.29) is 12.2 Å². The van der Waals surface area contributed by atoms with E-state index in [0.717, 1.165) is 12.0 Å². The molecule has 2 N–H and O–H groups in total. The molecule has 1 aromatic rings. The Morgan fingerprint density at radius 1 is 1.35 bits per heavy atom. The molecule has 1 aliphatic rings. The van der Waals surface area contributed by atoms with Crippen LogP contribution in [-0.4, -0.2) is 22.1 Å². The lowest BCUT2D eigenvalue weighted by molar-refractivity contribution is 0.0216. The highest BCUT2D eigenvalue weighted by Gasteiger charge is 2.23. The molecule has 1 aliphatic carbocycles. The topological polar surface area (TPSA) is 81.3 Å². The van der Waals surface area contributed by atoms with Gasteiger partial charge >= 0.3 is 0 Å². The van der Waals surface area contributed by atoms with Gasteiger partial charge < -0.3 is 10.2 Å². The second-order valence-corrected chi connectivity index (χ2v) is 4.21. The summed E-state index contributed by atoms with van der Waals surface area (Å²) in [5.41, 5.74) is 2.10. The van der Waals surface area contributed by atoms with Crippen molar-refractivity contribution in [3.63, 3.8) is 0 Å². The lowest BCUT2D eigenvalue weighted by atomic mass is 9.98. The zero-order valence-corrected chi connectivity index (χ0v) is 9.26. The number of Topliss-reactive ketones (excluding diaryl/α,β-unsaturated/α-hetero) is 1. The second-order valence-electron chi connectivity index (χ2n) is 4.21. The molecule has 0 saturated carbocycles. The third kappa shape index (κ3) is 2.21. The van der Waals surface area contributed by atoms with Crippen molar-refractivity contribution in [2.45, 2.75) is 31.5 Å². The number of carbonyl (C=O) groups is 1. The molecular formula is C13H13NO3.